The number of halogens is 4. The molecular formula is C7H4Cl2F2O2S. The monoisotopic (exact) mass is 260 g/mol. The smallest absolute Gasteiger partial charge is 0.212 e. The molecule has 7 heteroatoms. The Hall–Kier alpha value is -0.390. The van der Waals surface area contributed by atoms with Gasteiger partial charge in [-0.2, -0.15) is 0 Å². The first kappa shape index (κ1) is 11.7. The van der Waals surface area contributed by atoms with Crippen LogP contribution in [0.25, 0.3) is 0 Å². The largest absolute Gasteiger partial charge is 0.236 e. The molecule has 0 atom stereocenters. The minimum absolute atomic E-state index is 0.00361. The average Bonchev–Trinajstić information content (AvgIpc) is 1.96. The van der Waals surface area contributed by atoms with Gasteiger partial charge >= 0.3 is 0 Å². The zero-order valence-corrected chi connectivity index (χ0v) is 8.93. The highest BCUT2D eigenvalue weighted by molar-refractivity contribution is 8.13. The summed E-state index contributed by atoms with van der Waals surface area (Å²) in [7, 11) is 1.13. The Kier molecular flexibility index (Phi) is 3.34. The maximum atomic E-state index is 12.7. The van der Waals surface area contributed by atoms with E-state index < -0.39 is 31.5 Å². The van der Waals surface area contributed by atoms with Crippen LogP contribution in [0, 0.1) is 11.6 Å². The average molecular weight is 261 g/mol. The van der Waals surface area contributed by atoms with Crippen molar-refractivity contribution < 1.29 is 17.2 Å². The van der Waals surface area contributed by atoms with Crippen molar-refractivity contribution in [3.63, 3.8) is 0 Å². The zero-order chi connectivity index (χ0) is 10.9. The summed E-state index contributed by atoms with van der Waals surface area (Å²) in [5.41, 5.74) is 0.00361. The summed E-state index contributed by atoms with van der Waals surface area (Å²) in [6.45, 7) is 0. The van der Waals surface area contributed by atoms with Crippen LogP contribution in [0.3, 0.4) is 0 Å². The summed E-state index contributed by atoms with van der Waals surface area (Å²) in [5, 5.41) is -0.472. The molecule has 0 spiro atoms. The van der Waals surface area contributed by atoms with E-state index in [2.05, 4.69) is 0 Å². The lowest BCUT2D eigenvalue weighted by Gasteiger charge is -2.01. The normalized spacial score (nSPS) is 11.7. The van der Waals surface area contributed by atoms with Crippen LogP contribution in [-0.4, -0.2) is 8.42 Å². The number of hydrogen-bond acceptors (Lipinski definition) is 2. The first-order chi connectivity index (χ1) is 6.29. The highest BCUT2D eigenvalue weighted by Gasteiger charge is 2.13. The first-order valence-corrected chi connectivity index (χ1v) is 6.21. The van der Waals surface area contributed by atoms with E-state index in [1.165, 1.54) is 0 Å². The zero-order valence-electron chi connectivity index (χ0n) is 6.60. The second-order valence-corrected chi connectivity index (χ2v) is 5.74. The third-order valence-corrected chi connectivity index (χ3v) is 2.66. The van der Waals surface area contributed by atoms with Gasteiger partial charge in [0.05, 0.1) is 10.8 Å². The minimum atomic E-state index is -3.80. The van der Waals surface area contributed by atoms with Crippen LogP contribution in [0.15, 0.2) is 12.1 Å². The summed E-state index contributed by atoms with van der Waals surface area (Å²) in [6, 6.07) is 1.75. The van der Waals surface area contributed by atoms with E-state index >= 15 is 0 Å². The standard InChI is InChI=1S/C7H4Cl2F2O2S/c8-5-1-4(3-14(9,12)13)2-6(10)7(5)11/h1-2H,3H2. The molecule has 78 valence electrons. The van der Waals surface area contributed by atoms with E-state index in [1.54, 1.807) is 0 Å². The van der Waals surface area contributed by atoms with E-state index in [1.807, 2.05) is 0 Å². The number of hydrogen-bond donors (Lipinski definition) is 0. The predicted molar refractivity (Wildman–Crippen MR) is 49.8 cm³/mol. The molecule has 1 aromatic rings. The Morgan fingerprint density at radius 1 is 1.29 bits per heavy atom. The van der Waals surface area contributed by atoms with Crippen molar-refractivity contribution in [3.8, 4) is 0 Å². The van der Waals surface area contributed by atoms with Crippen molar-refractivity contribution in [2.45, 2.75) is 5.75 Å². The van der Waals surface area contributed by atoms with Crippen LogP contribution in [0.1, 0.15) is 5.56 Å². The van der Waals surface area contributed by atoms with Gasteiger partial charge in [0, 0.05) is 10.7 Å². The molecule has 0 aliphatic heterocycles. The van der Waals surface area contributed by atoms with Gasteiger partial charge in [0.15, 0.2) is 11.6 Å². The highest BCUT2D eigenvalue weighted by atomic mass is 35.7. The van der Waals surface area contributed by atoms with Gasteiger partial charge < -0.3 is 0 Å². The van der Waals surface area contributed by atoms with Gasteiger partial charge in [-0.1, -0.05) is 11.6 Å². The third-order valence-electron chi connectivity index (χ3n) is 1.38. The topological polar surface area (TPSA) is 34.1 Å². The Bertz CT molecular complexity index is 436. The lowest BCUT2D eigenvalue weighted by atomic mass is 10.2. The maximum absolute atomic E-state index is 12.7. The molecule has 0 radical (unpaired) electrons. The molecule has 0 aromatic heterocycles. The fraction of sp³-hybridized carbons (Fsp3) is 0.143. The summed E-state index contributed by atoms with van der Waals surface area (Å²) in [4.78, 5) is 0. The van der Waals surface area contributed by atoms with Gasteiger partial charge in [0.25, 0.3) is 0 Å². The second kappa shape index (κ2) is 4.00. The Labute approximate surface area is 88.9 Å². The summed E-state index contributed by atoms with van der Waals surface area (Å²) < 4.78 is 46.6. The molecule has 0 aliphatic rings. The number of benzene rings is 1. The van der Waals surface area contributed by atoms with Gasteiger partial charge in [-0.05, 0) is 17.7 Å². The fourth-order valence-corrected chi connectivity index (χ4v) is 2.06. The van der Waals surface area contributed by atoms with Crippen molar-refractivity contribution in [2.24, 2.45) is 0 Å². The van der Waals surface area contributed by atoms with Crippen LogP contribution < -0.4 is 0 Å². The van der Waals surface area contributed by atoms with E-state index in [0.717, 1.165) is 12.1 Å². The highest BCUT2D eigenvalue weighted by Crippen LogP contribution is 2.21. The van der Waals surface area contributed by atoms with Crippen LogP contribution in [0.2, 0.25) is 5.02 Å². The lowest BCUT2D eigenvalue weighted by molar-refractivity contribution is 0.508. The molecule has 0 saturated carbocycles. The molecular weight excluding hydrogens is 257 g/mol. The summed E-state index contributed by atoms with van der Waals surface area (Å²) in [5.74, 6) is -3.00. The van der Waals surface area contributed by atoms with Crippen LogP contribution in [0.5, 0.6) is 0 Å². The fourth-order valence-electron chi connectivity index (χ4n) is 0.890. The van der Waals surface area contributed by atoms with E-state index in [4.69, 9.17) is 22.3 Å². The Balaban J connectivity index is 3.14. The molecule has 0 unspecified atom stereocenters. The van der Waals surface area contributed by atoms with Gasteiger partial charge in [-0.25, -0.2) is 17.2 Å². The van der Waals surface area contributed by atoms with Crippen LogP contribution in [0.4, 0.5) is 8.78 Å². The van der Waals surface area contributed by atoms with Gasteiger partial charge in [-0.15, -0.1) is 0 Å². The molecule has 0 bridgehead atoms. The van der Waals surface area contributed by atoms with Crippen molar-refractivity contribution >= 4 is 31.3 Å². The molecule has 0 N–H and O–H groups in total. The molecule has 1 aromatic carbocycles. The van der Waals surface area contributed by atoms with Gasteiger partial charge in [0.1, 0.15) is 0 Å². The minimum Gasteiger partial charge on any atom is -0.212 e. The van der Waals surface area contributed by atoms with Crippen molar-refractivity contribution in [1.82, 2.24) is 0 Å². The first-order valence-electron chi connectivity index (χ1n) is 3.35. The molecule has 1 rings (SSSR count). The quantitative estimate of drug-likeness (QED) is 0.605. The summed E-state index contributed by atoms with van der Waals surface area (Å²) >= 11 is 5.30. The lowest BCUT2D eigenvalue weighted by Crippen LogP contribution is -1.97. The molecule has 14 heavy (non-hydrogen) atoms. The van der Waals surface area contributed by atoms with E-state index in [9.17, 15) is 17.2 Å². The second-order valence-electron chi connectivity index (χ2n) is 2.56. The molecule has 0 fully saturated rings. The van der Waals surface area contributed by atoms with Crippen LogP contribution >= 0.6 is 22.3 Å². The third kappa shape index (κ3) is 3.08. The molecule has 0 amide bonds. The molecule has 0 saturated heterocycles. The maximum Gasteiger partial charge on any atom is 0.236 e. The van der Waals surface area contributed by atoms with Crippen molar-refractivity contribution in [2.75, 3.05) is 0 Å². The predicted octanol–water partition coefficient (Wildman–Crippen LogP) is 2.69. The molecule has 0 aliphatic carbocycles. The summed E-state index contributed by atoms with van der Waals surface area (Å²) in [6.07, 6.45) is 0. The number of rotatable bonds is 2. The van der Waals surface area contributed by atoms with Crippen molar-refractivity contribution in [3.05, 3.63) is 34.4 Å². The Morgan fingerprint density at radius 3 is 2.29 bits per heavy atom. The van der Waals surface area contributed by atoms with Gasteiger partial charge in [-0.3, -0.25) is 0 Å². The molecule has 0 heterocycles. The van der Waals surface area contributed by atoms with Crippen LogP contribution in [-0.2, 0) is 14.8 Å². The molecule has 2 nitrogen and oxygen atoms in total. The van der Waals surface area contributed by atoms with E-state index in [-0.39, 0.29) is 5.56 Å². The van der Waals surface area contributed by atoms with E-state index in [0.29, 0.717) is 0 Å². The SMILES string of the molecule is O=S(=O)(Cl)Cc1cc(F)c(F)c(Cl)c1. The Morgan fingerprint density at radius 2 is 1.86 bits per heavy atom. The van der Waals surface area contributed by atoms with Gasteiger partial charge in [0.2, 0.25) is 9.05 Å². The van der Waals surface area contributed by atoms with Crippen molar-refractivity contribution in [1.29, 1.82) is 0 Å².